The molecule has 0 unspecified atom stereocenters. The Morgan fingerprint density at radius 2 is 2.14 bits per heavy atom. The molecule has 0 bridgehead atoms. The highest BCUT2D eigenvalue weighted by Gasteiger charge is 2.23. The molecule has 0 saturated heterocycles. The minimum absolute atomic E-state index is 0.0975. The summed E-state index contributed by atoms with van der Waals surface area (Å²) < 4.78 is 0. The van der Waals surface area contributed by atoms with E-state index in [9.17, 15) is 9.59 Å². The van der Waals surface area contributed by atoms with E-state index in [4.69, 9.17) is 5.11 Å². The smallest absolute Gasteiger partial charge is 0.335 e. The molecule has 0 saturated carbocycles. The second-order valence-electron chi connectivity index (χ2n) is 5.82. The first-order chi connectivity index (χ1) is 9.99. The van der Waals surface area contributed by atoms with Gasteiger partial charge in [0.1, 0.15) is 0 Å². The number of fused-ring (bicyclic) bond motifs is 1. The van der Waals surface area contributed by atoms with Crippen molar-refractivity contribution in [1.29, 1.82) is 0 Å². The summed E-state index contributed by atoms with van der Waals surface area (Å²) >= 11 is 0. The number of urea groups is 1. The lowest BCUT2D eigenvalue weighted by molar-refractivity contribution is 0.0696. The summed E-state index contributed by atoms with van der Waals surface area (Å²) in [6.07, 6.45) is 2.62. The molecule has 0 fully saturated rings. The average molecular weight is 290 g/mol. The Morgan fingerprint density at radius 3 is 2.81 bits per heavy atom. The fourth-order valence-corrected chi connectivity index (χ4v) is 2.50. The van der Waals surface area contributed by atoms with Crippen LogP contribution in [-0.2, 0) is 6.42 Å². The minimum Gasteiger partial charge on any atom is -0.478 e. The van der Waals surface area contributed by atoms with Crippen LogP contribution in [0.1, 0.15) is 42.6 Å². The summed E-state index contributed by atoms with van der Waals surface area (Å²) in [7, 11) is 0. The lowest BCUT2D eigenvalue weighted by atomic mass is 9.99. The average Bonchev–Trinajstić information content (AvgIpc) is 2.45. The molecule has 0 aromatic heterocycles. The van der Waals surface area contributed by atoms with Crippen molar-refractivity contribution in [3.05, 3.63) is 29.3 Å². The molecule has 5 heteroatoms. The number of carboxylic acids is 1. The van der Waals surface area contributed by atoms with Gasteiger partial charge in [-0.2, -0.15) is 0 Å². The minimum atomic E-state index is -0.934. The third-order valence-electron chi connectivity index (χ3n) is 3.69. The van der Waals surface area contributed by atoms with Gasteiger partial charge in [-0.15, -0.1) is 0 Å². The Hall–Kier alpha value is -2.04. The summed E-state index contributed by atoms with van der Waals surface area (Å²) in [4.78, 5) is 25.0. The number of aromatic carboxylic acids is 1. The van der Waals surface area contributed by atoms with Crippen LogP contribution in [0.4, 0.5) is 10.5 Å². The van der Waals surface area contributed by atoms with Gasteiger partial charge in [0, 0.05) is 18.8 Å². The molecule has 0 aliphatic carbocycles. The second kappa shape index (κ2) is 6.61. The molecule has 2 N–H and O–H groups in total. The number of amides is 2. The Morgan fingerprint density at radius 1 is 1.38 bits per heavy atom. The van der Waals surface area contributed by atoms with Crippen LogP contribution in [0, 0.1) is 5.92 Å². The number of aryl methyl sites for hydroxylation is 1. The van der Waals surface area contributed by atoms with Gasteiger partial charge in [-0.3, -0.25) is 4.90 Å². The topological polar surface area (TPSA) is 69.6 Å². The number of nitrogens with one attached hydrogen (secondary N) is 1. The SMILES string of the molecule is CC(C)CCNC(=O)N1CCCc2cc(C(=O)O)ccc21. The van der Waals surface area contributed by atoms with E-state index in [0.29, 0.717) is 19.0 Å². The second-order valence-corrected chi connectivity index (χ2v) is 5.82. The van der Waals surface area contributed by atoms with Crippen molar-refractivity contribution in [3.63, 3.8) is 0 Å². The van der Waals surface area contributed by atoms with Gasteiger partial charge in [-0.25, -0.2) is 9.59 Å². The molecule has 0 atom stereocenters. The zero-order valence-electron chi connectivity index (χ0n) is 12.6. The van der Waals surface area contributed by atoms with Crippen LogP contribution in [-0.4, -0.2) is 30.2 Å². The van der Waals surface area contributed by atoms with Crippen molar-refractivity contribution >= 4 is 17.7 Å². The number of benzene rings is 1. The Labute approximate surface area is 125 Å². The van der Waals surface area contributed by atoms with Crippen molar-refractivity contribution in [3.8, 4) is 0 Å². The fraction of sp³-hybridized carbons (Fsp3) is 0.500. The van der Waals surface area contributed by atoms with Crippen molar-refractivity contribution in [2.24, 2.45) is 5.92 Å². The van der Waals surface area contributed by atoms with Crippen LogP contribution in [0.5, 0.6) is 0 Å². The van der Waals surface area contributed by atoms with E-state index in [0.717, 1.165) is 30.5 Å². The lowest BCUT2D eigenvalue weighted by Gasteiger charge is -2.30. The Bertz CT molecular complexity index is 540. The number of anilines is 1. The number of hydrogen-bond donors (Lipinski definition) is 2. The third-order valence-corrected chi connectivity index (χ3v) is 3.69. The maximum Gasteiger partial charge on any atom is 0.335 e. The molecule has 1 aromatic carbocycles. The molecule has 0 spiro atoms. The monoisotopic (exact) mass is 290 g/mol. The van der Waals surface area contributed by atoms with Gasteiger partial charge < -0.3 is 10.4 Å². The first kappa shape index (κ1) is 15.4. The summed E-state index contributed by atoms with van der Waals surface area (Å²) in [5.41, 5.74) is 2.03. The molecule has 1 aliphatic heterocycles. The van der Waals surface area contributed by atoms with Crippen LogP contribution >= 0.6 is 0 Å². The molecular weight excluding hydrogens is 268 g/mol. The molecular formula is C16H22N2O3. The van der Waals surface area contributed by atoms with E-state index in [1.54, 1.807) is 23.1 Å². The molecule has 1 heterocycles. The fourth-order valence-electron chi connectivity index (χ4n) is 2.50. The molecule has 2 rings (SSSR count). The summed E-state index contributed by atoms with van der Waals surface area (Å²) in [6, 6.07) is 4.87. The van der Waals surface area contributed by atoms with Crippen LogP contribution in [0.15, 0.2) is 18.2 Å². The quantitative estimate of drug-likeness (QED) is 0.895. The summed E-state index contributed by atoms with van der Waals surface area (Å²) in [6.45, 7) is 5.58. The number of carboxylic acid groups (broad SMARTS) is 1. The zero-order valence-corrected chi connectivity index (χ0v) is 12.6. The molecule has 1 aromatic rings. The molecule has 21 heavy (non-hydrogen) atoms. The summed E-state index contributed by atoms with van der Waals surface area (Å²) in [5, 5.41) is 12.0. The predicted octanol–water partition coefficient (Wildman–Crippen LogP) is 2.89. The van der Waals surface area contributed by atoms with Crippen molar-refractivity contribution in [2.75, 3.05) is 18.0 Å². The van der Waals surface area contributed by atoms with Crippen molar-refractivity contribution in [2.45, 2.75) is 33.1 Å². The van der Waals surface area contributed by atoms with E-state index < -0.39 is 5.97 Å². The van der Waals surface area contributed by atoms with Crippen molar-refractivity contribution < 1.29 is 14.7 Å². The highest BCUT2D eigenvalue weighted by atomic mass is 16.4. The maximum atomic E-state index is 12.3. The van der Waals surface area contributed by atoms with E-state index in [1.165, 1.54) is 0 Å². The van der Waals surface area contributed by atoms with E-state index >= 15 is 0 Å². The standard InChI is InChI=1S/C16H22N2O3/c1-11(2)7-8-17-16(21)18-9-3-4-12-10-13(15(19)20)5-6-14(12)18/h5-6,10-11H,3-4,7-9H2,1-2H3,(H,17,21)(H,19,20). The maximum absolute atomic E-state index is 12.3. The number of carbonyl (C=O) groups is 2. The van der Waals surface area contributed by atoms with Gasteiger partial charge in [0.25, 0.3) is 0 Å². The largest absolute Gasteiger partial charge is 0.478 e. The van der Waals surface area contributed by atoms with Crippen LogP contribution in [0.25, 0.3) is 0 Å². The Kier molecular flexibility index (Phi) is 4.83. The first-order valence-electron chi connectivity index (χ1n) is 7.40. The Balaban J connectivity index is 2.10. The third kappa shape index (κ3) is 3.74. The van der Waals surface area contributed by atoms with Gasteiger partial charge in [0.05, 0.1) is 5.56 Å². The van der Waals surface area contributed by atoms with Crippen LogP contribution in [0.3, 0.4) is 0 Å². The van der Waals surface area contributed by atoms with Gasteiger partial charge in [-0.1, -0.05) is 13.8 Å². The highest BCUT2D eigenvalue weighted by Crippen LogP contribution is 2.28. The van der Waals surface area contributed by atoms with E-state index in [2.05, 4.69) is 19.2 Å². The normalized spacial score (nSPS) is 14.0. The predicted molar refractivity (Wildman–Crippen MR) is 81.9 cm³/mol. The van der Waals surface area contributed by atoms with E-state index in [1.807, 2.05) is 0 Å². The zero-order chi connectivity index (χ0) is 15.4. The first-order valence-corrected chi connectivity index (χ1v) is 7.40. The van der Waals surface area contributed by atoms with Gasteiger partial charge in [0.15, 0.2) is 0 Å². The van der Waals surface area contributed by atoms with Crippen molar-refractivity contribution in [1.82, 2.24) is 5.32 Å². The number of nitrogens with zero attached hydrogens (tertiary/aromatic N) is 1. The number of hydrogen-bond acceptors (Lipinski definition) is 2. The molecule has 114 valence electrons. The number of carbonyl (C=O) groups excluding carboxylic acids is 1. The van der Waals surface area contributed by atoms with Gasteiger partial charge >= 0.3 is 12.0 Å². The van der Waals surface area contributed by atoms with E-state index in [-0.39, 0.29) is 11.6 Å². The highest BCUT2D eigenvalue weighted by molar-refractivity contribution is 5.95. The van der Waals surface area contributed by atoms with Crippen LogP contribution in [0.2, 0.25) is 0 Å². The van der Waals surface area contributed by atoms with Gasteiger partial charge in [-0.05, 0) is 48.9 Å². The lowest BCUT2D eigenvalue weighted by Crippen LogP contribution is -2.43. The summed E-state index contributed by atoms with van der Waals surface area (Å²) in [5.74, 6) is -0.381. The van der Waals surface area contributed by atoms with Crippen LogP contribution < -0.4 is 10.2 Å². The molecule has 2 amide bonds. The molecule has 1 aliphatic rings. The number of rotatable bonds is 4. The van der Waals surface area contributed by atoms with Gasteiger partial charge in [0.2, 0.25) is 0 Å². The molecule has 5 nitrogen and oxygen atoms in total. The molecule has 0 radical (unpaired) electrons.